The van der Waals surface area contributed by atoms with Crippen molar-refractivity contribution in [3.63, 3.8) is 0 Å². The highest BCUT2D eigenvalue weighted by atomic mass is 19.4. The number of rotatable bonds is 8. The van der Waals surface area contributed by atoms with Crippen molar-refractivity contribution < 1.29 is 17.9 Å². The summed E-state index contributed by atoms with van der Waals surface area (Å²) in [5.74, 6) is 0. The average Bonchev–Trinajstić information content (AvgIpc) is 2.15. The molecule has 0 saturated heterocycles. The number of alkyl halides is 3. The van der Waals surface area contributed by atoms with Gasteiger partial charge in [0.1, 0.15) is 0 Å². The van der Waals surface area contributed by atoms with Crippen LogP contribution in [0.15, 0.2) is 0 Å². The maximum absolute atomic E-state index is 11.8. The van der Waals surface area contributed by atoms with Crippen LogP contribution in [0, 0.1) is 0 Å². The van der Waals surface area contributed by atoms with Gasteiger partial charge in [-0.1, -0.05) is 13.8 Å². The fraction of sp³-hybridized carbons (Fsp3) is 1.00. The van der Waals surface area contributed by atoms with E-state index in [1.807, 2.05) is 13.8 Å². The first kappa shape index (κ1) is 14.7. The third kappa shape index (κ3) is 10.0. The van der Waals surface area contributed by atoms with E-state index < -0.39 is 12.6 Å². The molecule has 0 radical (unpaired) electrons. The summed E-state index contributed by atoms with van der Waals surface area (Å²) in [4.78, 5) is 0. The van der Waals surface area contributed by atoms with E-state index in [1.165, 1.54) is 0 Å². The van der Waals surface area contributed by atoms with Crippen molar-refractivity contribution in [3.05, 3.63) is 0 Å². The van der Waals surface area contributed by atoms with E-state index in [-0.39, 0.29) is 19.1 Å². The van der Waals surface area contributed by atoms with Gasteiger partial charge in [-0.2, -0.15) is 13.2 Å². The SMILES string of the molecule is CCNCC(CC)OCCCC(F)(F)F. The minimum atomic E-state index is -4.06. The Balaban J connectivity index is 3.46. The third-order valence-electron chi connectivity index (χ3n) is 2.04. The maximum atomic E-state index is 11.8. The van der Waals surface area contributed by atoms with Crippen molar-refractivity contribution in [2.45, 2.75) is 45.4 Å². The molecule has 0 spiro atoms. The average molecular weight is 227 g/mol. The van der Waals surface area contributed by atoms with Crippen molar-refractivity contribution in [2.75, 3.05) is 19.7 Å². The van der Waals surface area contributed by atoms with E-state index in [0.717, 1.165) is 13.0 Å². The standard InChI is InChI=1S/C10H20F3NO/c1-3-9(8-14-4-2)15-7-5-6-10(11,12)13/h9,14H,3-8H2,1-2H3. The van der Waals surface area contributed by atoms with Gasteiger partial charge in [-0.15, -0.1) is 0 Å². The molecule has 0 aliphatic carbocycles. The van der Waals surface area contributed by atoms with Crippen LogP contribution in [0.2, 0.25) is 0 Å². The summed E-state index contributed by atoms with van der Waals surface area (Å²) in [5.41, 5.74) is 0. The highest BCUT2D eigenvalue weighted by Gasteiger charge is 2.26. The van der Waals surface area contributed by atoms with Crippen LogP contribution in [-0.2, 0) is 4.74 Å². The first-order valence-corrected chi connectivity index (χ1v) is 5.38. The fourth-order valence-electron chi connectivity index (χ4n) is 1.15. The summed E-state index contributed by atoms with van der Waals surface area (Å²) in [6.07, 6.45) is -3.93. The van der Waals surface area contributed by atoms with Crippen LogP contribution in [0.3, 0.4) is 0 Å². The Morgan fingerprint density at radius 1 is 1.27 bits per heavy atom. The molecule has 5 heteroatoms. The molecule has 0 amide bonds. The highest BCUT2D eigenvalue weighted by Crippen LogP contribution is 2.21. The number of ether oxygens (including phenoxy) is 1. The van der Waals surface area contributed by atoms with E-state index in [2.05, 4.69) is 5.32 Å². The second kappa shape index (κ2) is 7.93. The van der Waals surface area contributed by atoms with Crippen molar-refractivity contribution in [1.29, 1.82) is 0 Å². The summed E-state index contributed by atoms with van der Waals surface area (Å²) in [6, 6.07) is 0. The van der Waals surface area contributed by atoms with Crippen LogP contribution in [0.5, 0.6) is 0 Å². The molecular weight excluding hydrogens is 207 g/mol. The minimum absolute atomic E-state index is 0.0261. The molecule has 0 aromatic carbocycles. The smallest absolute Gasteiger partial charge is 0.377 e. The van der Waals surface area contributed by atoms with Crippen molar-refractivity contribution in [1.82, 2.24) is 5.32 Å². The molecule has 0 aliphatic rings. The van der Waals surface area contributed by atoms with Crippen LogP contribution in [0.1, 0.15) is 33.1 Å². The van der Waals surface area contributed by atoms with Crippen LogP contribution >= 0.6 is 0 Å². The Morgan fingerprint density at radius 3 is 2.40 bits per heavy atom. The fourth-order valence-corrected chi connectivity index (χ4v) is 1.15. The topological polar surface area (TPSA) is 21.3 Å². The van der Waals surface area contributed by atoms with Gasteiger partial charge >= 0.3 is 6.18 Å². The highest BCUT2D eigenvalue weighted by molar-refractivity contribution is 4.59. The molecule has 2 nitrogen and oxygen atoms in total. The lowest BCUT2D eigenvalue weighted by Gasteiger charge is -2.16. The summed E-state index contributed by atoms with van der Waals surface area (Å²) in [7, 11) is 0. The van der Waals surface area contributed by atoms with Crippen LogP contribution in [0.25, 0.3) is 0 Å². The van der Waals surface area contributed by atoms with Gasteiger partial charge in [-0.25, -0.2) is 0 Å². The lowest BCUT2D eigenvalue weighted by molar-refractivity contribution is -0.138. The van der Waals surface area contributed by atoms with Gasteiger partial charge in [0.25, 0.3) is 0 Å². The van der Waals surface area contributed by atoms with Crippen molar-refractivity contribution >= 4 is 0 Å². The number of halogens is 3. The molecule has 0 aliphatic heterocycles. The summed E-state index contributed by atoms with van der Waals surface area (Å²) < 4.78 is 40.7. The molecule has 0 fully saturated rings. The zero-order chi connectivity index (χ0) is 11.7. The van der Waals surface area contributed by atoms with Crippen LogP contribution in [0.4, 0.5) is 13.2 Å². The van der Waals surface area contributed by atoms with Crippen molar-refractivity contribution in [3.8, 4) is 0 Å². The second-order valence-electron chi connectivity index (χ2n) is 3.43. The Labute approximate surface area is 89.2 Å². The molecule has 1 unspecified atom stereocenters. The van der Waals surface area contributed by atoms with Gasteiger partial charge in [0.05, 0.1) is 6.10 Å². The largest absolute Gasteiger partial charge is 0.389 e. The van der Waals surface area contributed by atoms with Gasteiger partial charge in [0.15, 0.2) is 0 Å². The lowest BCUT2D eigenvalue weighted by atomic mass is 10.2. The molecule has 0 aromatic rings. The summed E-state index contributed by atoms with van der Waals surface area (Å²) >= 11 is 0. The van der Waals surface area contributed by atoms with Gasteiger partial charge < -0.3 is 10.1 Å². The summed E-state index contributed by atoms with van der Waals surface area (Å²) in [6.45, 7) is 5.69. The Bertz CT molecular complexity index is 150. The molecule has 0 heterocycles. The quantitative estimate of drug-likeness (QED) is 0.644. The Hall–Kier alpha value is -0.290. The number of hydrogen-bond donors (Lipinski definition) is 1. The van der Waals surface area contributed by atoms with E-state index in [0.29, 0.717) is 6.54 Å². The Morgan fingerprint density at radius 2 is 1.93 bits per heavy atom. The van der Waals surface area contributed by atoms with Gasteiger partial charge in [0, 0.05) is 19.6 Å². The zero-order valence-corrected chi connectivity index (χ0v) is 9.36. The monoisotopic (exact) mass is 227 g/mol. The van der Waals surface area contributed by atoms with E-state index >= 15 is 0 Å². The third-order valence-corrected chi connectivity index (χ3v) is 2.04. The number of hydrogen-bond acceptors (Lipinski definition) is 2. The molecule has 1 atom stereocenters. The predicted molar refractivity (Wildman–Crippen MR) is 53.9 cm³/mol. The van der Waals surface area contributed by atoms with Crippen molar-refractivity contribution in [2.24, 2.45) is 0 Å². The normalized spacial score (nSPS) is 14.2. The van der Waals surface area contributed by atoms with Gasteiger partial charge in [0.2, 0.25) is 0 Å². The first-order valence-electron chi connectivity index (χ1n) is 5.38. The Kier molecular flexibility index (Phi) is 7.78. The van der Waals surface area contributed by atoms with Crippen LogP contribution < -0.4 is 5.32 Å². The van der Waals surface area contributed by atoms with Gasteiger partial charge in [-0.3, -0.25) is 0 Å². The first-order chi connectivity index (χ1) is 6.99. The van der Waals surface area contributed by atoms with E-state index in [1.54, 1.807) is 0 Å². The molecule has 15 heavy (non-hydrogen) atoms. The minimum Gasteiger partial charge on any atom is -0.377 e. The molecule has 0 aromatic heterocycles. The summed E-state index contributed by atoms with van der Waals surface area (Å²) in [5, 5.41) is 3.11. The molecule has 92 valence electrons. The van der Waals surface area contributed by atoms with Gasteiger partial charge in [-0.05, 0) is 19.4 Å². The lowest BCUT2D eigenvalue weighted by Crippen LogP contribution is -2.29. The number of likely N-dealkylation sites (N-methyl/N-ethyl adjacent to an activating group) is 1. The molecule has 1 N–H and O–H groups in total. The number of nitrogens with one attached hydrogen (secondary N) is 1. The predicted octanol–water partition coefficient (Wildman–Crippen LogP) is 2.73. The van der Waals surface area contributed by atoms with E-state index in [4.69, 9.17) is 4.74 Å². The maximum Gasteiger partial charge on any atom is 0.389 e. The molecule has 0 saturated carbocycles. The van der Waals surface area contributed by atoms with E-state index in [9.17, 15) is 13.2 Å². The van der Waals surface area contributed by atoms with Crippen LogP contribution in [-0.4, -0.2) is 32.0 Å². The molecule has 0 bridgehead atoms. The molecular formula is C10H20F3NO. The zero-order valence-electron chi connectivity index (χ0n) is 9.36. The molecule has 0 rings (SSSR count). The second-order valence-corrected chi connectivity index (χ2v) is 3.43.